The van der Waals surface area contributed by atoms with Gasteiger partial charge < -0.3 is 9.47 Å². The van der Waals surface area contributed by atoms with Gasteiger partial charge in [0.25, 0.3) is 0 Å². The van der Waals surface area contributed by atoms with Crippen LogP contribution < -0.4 is 4.74 Å². The zero-order valence-electron chi connectivity index (χ0n) is 14.2. The lowest BCUT2D eigenvalue weighted by Crippen LogP contribution is -2.39. The normalized spacial score (nSPS) is 12.3. The Morgan fingerprint density at radius 2 is 1.61 bits per heavy atom. The second-order valence-corrected chi connectivity index (χ2v) is 5.63. The van der Waals surface area contributed by atoms with Crippen molar-refractivity contribution in [2.75, 3.05) is 26.4 Å². The fraction of sp³-hybridized carbons (Fsp3) is 0.400. The van der Waals surface area contributed by atoms with Gasteiger partial charge in [-0.1, -0.05) is 48.5 Å². The van der Waals surface area contributed by atoms with Gasteiger partial charge in [0.05, 0.1) is 6.61 Å². The molecule has 2 aromatic carbocycles. The molecule has 0 heterocycles. The van der Waals surface area contributed by atoms with E-state index in [0.717, 1.165) is 32.1 Å². The van der Waals surface area contributed by atoms with Crippen LogP contribution in [-0.2, 0) is 11.3 Å². The molecule has 2 aromatic rings. The fourth-order valence-electron chi connectivity index (χ4n) is 2.44. The molecule has 0 saturated carbocycles. The fourth-order valence-corrected chi connectivity index (χ4v) is 2.44. The van der Waals surface area contributed by atoms with Gasteiger partial charge in [-0.25, -0.2) is 0 Å². The molecular weight excluding hydrogens is 286 g/mol. The van der Waals surface area contributed by atoms with E-state index < -0.39 is 0 Å². The van der Waals surface area contributed by atoms with E-state index in [1.807, 2.05) is 37.3 Å². The summed E-state index contributed by atoms with van der Waals surface area (Å²) in [7, 11) is 0. The number of nitrogens with zero attached hydrogens (tertiary/aromatic N) is 1. The van der Waals surface area contributed by atoms with E-state index in [1.165, 1.54) is 5.56 Å². The third-order valence-electron chi connectivity index (χ3n) is 3.81. The number of ether oxygens (including phenoxy) is 2. The molecule has 0 radical (unpaired) electrons. The molecule has 2 rings (SSSR count). The van der Waals surface area contributed by atoms with E-state index in [2.05, 4.69) is 42.2 Å². The number of hydrogen-bond donors (Lipinski definition) is 0. The van der Waals surface area contributed by atoms with E-state index in [0.29, 0.717) is 12.6 Å². The maximum Gasteiger partial charge on any atom is 0.119 e. The highest BCUT2D eigenvalue weighted by Crippen LogP contribution is 2.12. The molecule has 0 aliphatic heterocycles. The molecule has 0 aromatic heterocycles. The summed E-state index contributed by atoms with van der Waals surface area (Å²) >= 11 is 0. The van der Waals surface area contributed by atoms with Crippen LogP contribution in [0.25, 0.3) is 0 Å². The van der Waals surface area contributed by atoms with Crippen molar-refractivity contribution in [2.45, 2.75) is 26.4 Å². The first kappa shape index (κ1) is 17.5. The summed E-state index contributed by atoms with van der Waals surface area (Å²) in [5.41, 5.74) is 1.32. The monoisotopic (exact) mass is 313 g/mol. The topological polar surface area (TPSA) is 21.7 Å². The third kappa shape index (κ3) is 6.43. The lowest BCUT2D eigenvalue weighted by molar-refractivity contribution is 0.0778. The van der Waals surface area contributed by atoms with E-state index in [1.54, 1.807) is 0 Å². The van der Waals surface area contributed by atoms with Crippen molar-refractivity contribution in [2.24, 2.45) is 0 Å². The predicted molar refractivity (Wildman–Crippen MR) is 94.7 cm³/mol. The van der Waals surface area contributed by atoms with Gasteiger partial charge in [-0.2, -0.15) is 0 Å². The van der Waals surface area contributed by atoms with Crippen molar-refractivity contribution < 1.29 is 9.47 Å². The van der Waals surface area contributed by atoms with Crippen molar-refractivity contribution in [3.8, 4) is 5.75 Å². The largest absolute Gasteiger partial charge is 0.492 e. The van der Waals surface area contributed by atoms with Gasteiger partial charge in [-0.05, 0) is 31.5 Å². The van der Waals surface area contributed by atoms with Gasteiger partial charge in [0, 0.05) is 25.7 Å². The Labute approximate surface area is 139 Å². The second kappa shape index (κ2) is 10.0. The number of rotatable bonds is 10. The zero-order chi connectivity index (χ0) is 16.3. The average molecular weight is 313 g/mol. The average Bonchev–Trinajstić information content (AvgIpc) is 2.61. The van der Waals surface area contributed by atoms with Crippen molar-refractivity contribution in [1.29, 1.82) is 0 Å². The Hall–Kier alpha value is -1.84. The molecule has 0 aliphatic rings. The standard InChI is InChI=1S/C20H27NO2/c1-3-22-15-14-21(16-19-10-6-4-7-11-19)18(2)17-23-20-12-8-5-9-13-20/h4-13,18H,3,14-17H2,1-2H3/t18-/m1/s1. The van der Waals surface area contributed by atoms with Gasteiger partial charge in [0.2, 0.25) is 0 Å². The highest BCUT2D eigenvalue weighted by Gasteiger charge is 2.15. The van der Waals surface area contributed by atoms with Crippen molar-refractivity contribution >= 4 is 0 Å². The molecular formula is C20H27NO2. The molecule has 0 aliphatic carbocycles. The predicted octanol–water partition coefficient (Wildman–Crippen LogP) is 3.99. The van der Waals surface area contributed by atoms with Crippen LogP contribution in [0.1, 0.15) is 19.4 Å². The van der Waals surface area contributed by atoms with E-state index in [-0.39, 0.29) is 0 Å². The molecule has 0 fully saturated rings. The molecule has 0 bridgehead atoms. The third-order valence-corrected chi connectivity index (χ3v) is 3.81. The Kier molecular flexibility index (Phi) is 7.64. The minimum absolute atomic E-state index is 0.316. The molecule has 0 spiro atoms. The summed E-state index contributed by atoms with van der Waals surface area (Å²) in [5.74, 6) is 0.920. The quantitative estimate of drug-likeness (QED) is 0.619. The van der Waals surface area contributed by atoms with Crippen LogP contribution in [0.4, 0.5) is 0 Å². The van der Waals surface area contributed by atoms with Crippen LogP contribution in [0.3, 0.4) is 0 Å². The Morgan fingerprint density at radius 1 is 0.957 bits per heavy atom. The highest BCUT2D eigenvalue weighted by atomic mass is 16.5. The molecule has 3 heteroatoms. The summed E-state index contributed by atoms with van der Waals surface area (Å²) in [6, 6.07) is 20.8. The first-order chi connectivity index (χ1) is 11.3. The number of para-hydroxylation sites is 1. The van der Waals surface area contributed by atoms with Crippen LogP contribution in [0.5, 0.6) is 5.75 Å². The summed E-state index contributed by atoms with van der Waals surface area (Å²) in [4.78, 5) is 2.41. The van der Waals surface area contributed by atoms with Crippen molar-refractivity contribution in [3.05, 3.63) is 66.2 Å². The number of benzene rings is 2. The van der Waals surface area contributed by atoms with Gasteiger partial charge in [-0.15, -0.1) is 0 Å². The Morgan fingerprint density at radius 3 is 2.26 bits per heavy atom. The van der Waals surface area contributed by atoms with Crippen LogP contribution >= 0.6 is 0 Å². The summed E-state index contributed by atoms with van der Waals surface area (Å²) in [6.07, 6.45) is 0. The molecule has 1 atom stereocenters. The Balaban J connectivity index is 1.91. The van der Waals surface area contributed by atoms with Gasteiger partial charge in [0.1, 0.15) is 12.4 Å². The van der Waals surface area contributed by atoms with Gasteiger partial charge in [0.15, 0.2) is 0 Å². The first-order valence-corrected chi connectivity index (χ1v) is 8.33. The summed E-state index contributed by atoms with van der Waals surface area (Å²) in [6.45, 7) is 8.23. The molecule has 124 valence electrons. The van der Waals surface area contributed by atoms with E-state index in [9.17, 15) is 0 Å². The van der Waals surface area contributed by atoms with Crippen molar-refractivity contribution in [1.82, 2.24) is 4.90 Å². The SMILES string of the molecule is CCOCCN(Cc1ccccc1)[C@H](C)COc1ccccc1. The van der Waals surface area contributed by atoms with Gasteiger partial charge >= 0.3 is 0 Å². The molecule has 23 heavy (non-hydrogen) atoms. The maximum atomic E-state index is 5.91. The molecule has 0 saturated heterocycles. The maximum absolute atomic E-state index is 5.91. The Bertz CT molecular complexity index is 530. The lowest BCUT2D eigenvalue weighted by atomic mass is 10.2. The second-order valence-electron chi connectivity index (χ2n) is 5.63. The smallest absolute Gasteiger partial charge is 0.119 e. The summed E-state index contributed by atoms with van der Waals surface area (Å²) < 4.78 is 11.4. The molecule has 3 nitrogen and oxygen atoms in total. The van der Waals surface area contributed by atoms with Gasteiger partial charge in [-0.3, -0.25) is 4.90 Å². The zero-order valence-corrected chi connectivity index (χ0v) is 14.2. The minimum Gasteiger partial charge on any atom is -0.492 e. The minimum atomic E-state index is 0.316. The van der Waals surface area contributed by atoms with Crippen molar-refractivity contribution in [3.63, 3.8) is 0 Å². The molecule has 0 amide bonds. The molecule has 0 N–H and O–H groups in total. The van der Waals surface area contributed by atoms with Crippen LogP contribution in [0.2, 0.25) is 0 Å². The van der Waals surface area contributed by atoms with Crippen LogP contribution in [-0.4, -0.2) is 37.3 Å². The number of hydrogen-bond acceptors (Lipinski definition) is 3. The lowest BCUT2D eigenvalue weighted by Gasteiger charge is -2.29. The van der Waals surface area contributed by atoms with E-state index in [4.69, 9.17) is 9.47 Å². The molecule has 0 unspecified atom stereocenters. The first-order valence-electron chi connectivity index (χ1n) is 8.33. The van der Waals surface area contributed by atoms with Crippen LogP contribution in [0.15, 0.2) is 60.7 Å². The summed E-state index contributed by atoms with van der Waals surface area (Å²) in [5, 5.41) is 0. The van der Waals surface area contributed by atoms with E-state index >= 15 is 0 Å². The van der Waals surface area contributed by atoms with Crippen LogP contribution in [0, 0.1) is 0 Å². The highest BCUT2D eigenvalue weighted by molar-refractivity contribution is 5.21.